The molecule has 10 nitrogen and oxygen atoms in total. The number of piperazine rings is 1. The van der Waals surface area contributed by atoms with Crippen LogP contribution >= 0.6 is 0 Å². The maximum atomic E-state index is 14.3. The van der Waals surface area contributed by atoms with Crippen molar-refractivity contribution < 1.29 is 53.8 Å². The van der Waals surface area contributed by atoms with Crippen LogP contribution in [0.4, 0.5) is 0 Å². The SMILES string of the molecule is CC(C)[C@H]1C(=O)N2CCC[C@H]2[C@]2(O)O[C@](NC(=O)[C@@H]3C=C4c5cccc6[n-]cc(c56)C[C@H]4N(C)C3)(C(C)C)C(=O)N12.[Na+]. The van der Waals surface area contributed by atoms with E-state index in [1.807, 2.05) is 45.3 Å². The monoisotopic (exact) mass is 583 g/mol. The van der Waals surface area contributed by atoms with Crippen LogP contribution in [0.3, 0.4) is 0 Å². The van der Waals surface area contributed by atoms with Gasteiger partial charge in [-0.15, -0.1) is 5.52 Å². The summed E-state index contributed by atoms with van der Waals surface area (Å²) in [7, 11) is 2.02. The van der Waals surface area contributed by atoms with Crippen LogP contribution in [0.25, 0.3) is 16.5 Å². The molecule has 3 fully saturated rings. The van der Waals surface area contributed by atoms with E-state index in [4.69, 9.17) is 4.74 Å². The van der Waals surface area contributed by atoms with E-state index in [1.54, 1.807) is 18.7 Å². The predicted octanol–water partition coefficient (Wildman–Crippen LogP) is -1.33. The minimum atomic E-state index is -2.01. The number of aliphatic hydroxyl groups is 1. The van der Waals surface area contributed by atoms with E-state index in [9.17, 15) is 19.5 Å². The second-order valence-corrected chi connectivity index (χ2v) is 13.1. The Bertz CT molecular complexity index is 1500. The molecule has 0 spiro atoms. The number of aromatic nitrogens is 1. The fraction of sp³-hybridized carbons (Fsp3) is 0.581. The summed E-state index contributed by atoms with van der Waals surface area (Å²) in [6.45, 7) is 8.30. The molecule has 2 N–H and O–H groups in total. The second-order valence-electron chi connectivity index (χ2n) is 13.1. The average molecular weight is 584 g/mol. The molecular weight excluding hydrogens is 545 g/mol. The maximum absolute atomic E-state index is 14.3. The molecule has 5 aliphatic rings. The number of benzene rings is 1. The maximum Gasteiger partial charge on any atom is 1.00 e. The normalized spacial score (nSPS) is 34.0. The third-order valence-electron chi connectivity index (χ3n) is 9.99. The molecule has 1 aromatic heterocycles. The van der Waals surface area contributed by atoms with Gasteiger partial charge in [0.05, 0.1) is 5.92 Å². The molecule has 42 heavy (non-hydrogen) atoms. The first-order valence-corrected chi connectivity index (χ1v) is 14.8. The minimum absolute atomic E-state index is 0. The topological polar surface area (TPSA) is 117 Å². The Morgan fingerprint density at radius 1 is 1.21 bits per heavy atom. The Labute approximate surface area is 268 Å². The van der Waals surface area contributed by atoms with Gasteiger partial charge in [-0.1, -0.05) is 57.5 Å². The van der Waals surface area contributed by atoms with Crippen LogP contribution in [-0.2, 0) is 25.5 Å². The van der Waals surface area contributed by atoms with Crippen LogP contribution in [0.15, 0.2) is 30.5 Å². The minimum Gasteiger partial charge on any atom is -0.663 e. The molecule has 4 aliphatic heterocycles. The number of ether oxygens (including phenoxy) is 1. The summed E-state index contributed by atoms with van der Waals surface area (Å²) in [6.07, 6.45) is 6.04. The zero-order valence-corrected chi connectivity index (χ0v) is 27.3. The van der Waals surface area contributed by atoms with Crippen molar-refractivity contribution in [1.82, 2.24) is 25.0 Å². The summed E-state index contributed by atoms with van der Waals surface area (Å²) in [5.74, 6) is -4.40. The number of likely N-dealkylation sites (N-methyl/N-ethyl adjacent to an activating group) is 1. The zero-order chi connectivity index (χ0) is 29.0. The zero-order valence-electron chi connectivity index (χ0n) is 25.3. The first-order valence-electron chi connectivity index (χ1n) is 14.8. The third kappa shape index (κ3) is 3.95. The van der Waals surface area contributed by atoms with Crippen LogP contribution in [-0.4, -0.2) is 87.4 Å². The standard InChI is InChI=1S/C31H38N5O5.Na/c1-16(2)26-28(38)35-11-7-10-24(35)31(40)36(26)29(39)30(41-31,17(3)4)33-27(37)19-12-21-20-8-6-9-22-25(20)18(14-32-22)13-23(21)34(5)15-19;/h6,8-9,12,14,16-17,19,23-24,26,40H,7,10-11,13,15H2,1-5H3,(H,33,37);/q-1;+1/t19-,23-,24+,26+,30-,31+;/m1./s1. The van der Waals surface area contributed by atoms with E-state index >= 15 is 0 Å². The number of carbonyl (C=O) groups is 3. The van der Waals surface area contributed by atoms with Crippen LogP contribution in [0, 0.1) is 17.8 Å². The summed E-state index contributed by atoms with van der Waals surface area (Å²) in [5.41, 5.74) is 2.55. The van der Waals surface area contributed by atoms with Crippen molar-refractivity contribution in [3.8, 4) is 0 Å². The molecule has 0 bridgehead atoms. The average Bonchev–Trinajstić information content (AvgIpc) is 3.64. The van der Waals surface area contributed by atoms with Gasteiger partial charge in [-0.2, -0.15) is 6.20 Å². The first-order chi connectivity index (χ1) is 19.5. The largest absolute Gasteiger partial charge is 1.00 e. The van der Waals surface area contributed by atoms with E-state index in [-0.39, 0.29) is 53.3 Å². The molecule has 3 saturated heterocycles. The molecule has 7 rings (SSSR count). The number of nitrogens with one attached hydrogen (secondary N) is 1. The summed E-state index contributed by atoms with van der Waals surface area (Å²) in [4.78, 5) is 51.6. The van der Waals surface area contributed by atoms with Gasteiger partial charge in [-0.3, -0.25) is 28.9 Å². The van der Waals surface area contributed by atoms with Crippen LogP contribution in [0.5, 0.6) is 0 Å². The van der Waals surface area contributed by atoms with Gasteiger partial charge in [0.2, 0.25) is 17.5 Å². The Hall–Kier alpha value is -2.21. The van der Waals surface area contributed by atoms with Gasteiger partial charge in [0, 0.05) is 25.0 Å². The number of hydrogen-bond acceptors (Lipinski definition) is 6. The van der Waals surface area contributed by atoms with E-state index in [0.717, 1.165) is 28.5 Å². The van der Waals surface area contributed by atoms with Crippen molar-refractivity contribution in [2.24, 2.45) is 17.8 Å². The molecule has 2 aromatic rings. The quantitative estimate of drug-likeness (QED) is 0.429. The smallest absolute Gasteiger partial charge is 0.663 e. The fourth-order valence-corrected chi connectivity index (χ4v) is 7.91. The van der Waals surface area contributed by atoms with E-state index in [2.05, 4.69) is 21.3 Å². The molecule has 1 aliphatic carbocycles. The molecule has 0 saturated carbocycles. The summed E-state index contributed by atoms with van der Waals surface area (Å²) < 4.78 is 6.40. The van der Waals surface area contributed by atoms with Crippen molar-refractivity contribution in [3.63, 3.8) is 0 Å². The van der Waals surface area contributed by atoms with Gasteiger partial charge in [0.15, 0.2) is 0 Å². The number of fused-ring (bicyclic) bond motifs is 5. The predicted molar refractivity (Wildman–Crippen MR) is 151 cm³/mol. The Morgan fingerprint density at radius 2 is 1.98 bits per heavy atom. The molecule has 5 heterocycles. The number of carbonyl (C=O) groups excluding carboxylic acids is 3. The molecule has 0 unspecified atom stereocenters. The van der Waals surface area contributed by atoms with Crippen LogP contribution in [0.2, 0.25) is 0 Å². The third-order valence-corrected chi connectivity index (χ3v) is 9.99. The summed E-state index contributed by atoms with van der Waals surface area (Å²) in [6, 6.07) is 4.67. The van der Waals surface area contributed by atoms with Gasteiger partial charge in [-0.05, 0) is 48.8 Å². The Morgan fingerprint density at radius 3 is 2.69 bits per heavy atom. The van der Waals surface area contributed by atoms with Crippen molar-refractivity contribution in [1.29, 1.82) is 0 Å². The number of hydrogen-bond donors (Lipinski definition) is 2. The van der Waals surface area contributed by atoms with E-state index in [0.29, 0.717) is 25.9 Å². The number of amides is 3. The van der Waals surface area contributed by atoms with Crippen LogP contribution in [0.1, 0.15) is 51.7 Å². The molecule has 11 heteroatoms. The molecule has 3 amide bonds. The summed E-state index contributed by atoms with van der Waals surface area (Å²) >= 11 is 0. The van der Waals surface area contributed by atoms with Gasteiger partial charge in [0.1, 0.15) is 12.1 Å². The van der Waals surface area contributed by atoms with E-state index in [1.165, 1.54) is 10.5 Å². The molecule has 0 radical (unpaired) electrons. The number of rotatable bonds is 4. The van der Waals surface area contributed by atoms with Gasteiger partial charge >= 0.3 is 29.6 Å². The van der Waals surface area contributed by atoms with Crippen molar-refractivity contribution in [3.05, 3.63) is 41.6 Å². The van der Waals surface area contributed by atoms with Crippen molar-refractivity contribution in [2.45, 2.75) is 76.7 Å². The molecule has 6 atom stereocenters. The van der Waals surface area contributed by atoms with Crippen molar-refractivity contribution >= 4 is 34.2 Å². The van der Waals surface area contributed by atoms with Gasteiger partial charge < -0.3 is 20.3 Å². The van der Waals surface area contributed by atoms with Gasteiger partial charge in [-0.25, -0.2) is 0 Å². The Balaban J connectivity index is 0.00000316. The van der Waals surface area contributed by atoms with Crippen LogP contribution < -0.4 is 39.9 Å². The fourth-order valence-electron chi connectivity index (χ4n) is 7.91. The number of nitrogens with zero attached hydrogens (tertiary/aromatic N) is 4. The van der Waals surface area contributed by atoms with Crippen molar-refractivity contribution in [2.75, 3.05) is 20.1 Å². The van der Waals surface area contributed by atoms with Gasteiger partial charge in [0.25, 0.3) is 11.8 Å². The summed E-state index contributed by atoms with van der Waals surface area (Å²) in [5, 5.41) is 16.2. The molecule has 1 aromatic carbocycles. The first kappa shape index (κ1) is 29.8. The van der Waals surface area contributed by atoms with E-state index < -0.39 is 41.5 Å². The molecule has 218 valence electrons. The second kappa shape index (κ2) is 10.2. The Kier molecular flexibility index (Phi) is 7.23. The molecular formula is C31H38N5NaO5.